The maximum atomic E-state index is 11.4. The Morgan fingerprint density at radius 3 is 3.00 bits per heavy atom. The molecule has 2 N–H and O–H groups in total. The molecule has 0 saturated heterocycles. The van der Waals surface area contributed by atoms with Gasteiger partial charge in [-0.25, -0.2) is 0 Å². The SMILES string of the molecule is Cc1ncccc1NC(=O)CCC(C)O. The molecule has 0 aliphatic carbocycles. The van der Waals surface area contributed by atoms with Crippen molar-refractivity contribution in [2.45, 2.75) is 32.8 Å². The van der Waals surface area contributed by atoms with Crippen LogP contribution in [0.2, 0.25) is 0 Å². The summed E-state index contributed by atoms with van der Waals surface area (Å²) >= 11 is 0. The van der Waals surface area contributed by atoms with Crippen LogP contribution in [-0.4, -0.2) is 22.1 Å². The molecule has 0 spiro atoms. The summed E-state index contributed by atoms with van der Waals surface area (Å²) in [5.41, 5.74) is 1.52. The Bertz CT molecular complexity index is 337. The Balaban J connectivity index is 2.48. The van der Waals surface area contributed by atoms with Gasteiger partial charge in [0.1, 0.15) is 0 Å². The van der Waals surface area contributed by atoms with E-state index in [-0.39, 0.29) is 5.91 Å². The van der Waals surface area contributed by atoms with Crippen LogP contribution in [-0.2, 0) is 4.79 Å². The van der Waals surface area contributed by atoms with Crippen molar-refractivity contribution in [3.05, 3.63) is 24.0 Å². The van der Waals surface area contributed by atoms with Crippen molar-refractivity contribution < 1.29 is 9.90 Å². The van der Waals surface area contributed by atoms with Crippen molar-refractivity contribution in [1.82, 2.24) is 4.98 Å². The largest absolute Gasteiger partial charge is 0.393 e. The number of anilines is 1. The molecule has 0 aromatic carbocycles. The smallest absolute Gasteiger partial charge is 0.224 e. The molecular formula is C11H16N2O2. The van der Waals surface area contributed by atoms with Gasteiger partial charge in [-0.1, -0.05) is 0 Å². The van der Waals surface area contributed by atoms with Crippen LogP contribution < -0.4 is 5.32 Å². The van der Waals surface area contributed by atoms with Crippen molar-refractivity contribution in [2.75, 3.05) is 5.32 Å². The van der Waals surface area contributed by atoms with E-state index in [0.717, 1.165) is 11.4 Å². The van der Waals surface area contributed by atoms with Crippen molar-refractivity contribution in [3.8, 4) is 0 Å². The van der Waals surface area contributed by atoms with Gasteiger partial charge in [-0.05, 0) is 32.4 Å². The number of aromatic nitrogens is 1. The molecule has 0 fully saturated rings. The minimum absolute atomic E-state index is 0.0907. The molecule has 0 saturated carbocycles. The van der Waals surface area contributed by atoms with E-state index in [4.69, 9.17) is 5.11 Å². The fourth-order valence-corrected chi connectivity index (χ4v) is 1.17. The van der Waals surface area contributed by atoms with Gasteiger partial charge in [0.2, 0.25) is 5.91 Å². The Hall–Kier alpha value is -1.42. The van der Waals surface area contributed by atoms with Crippen molar-refractivity contribution >= 4 is 11.6 Å². The number of hydrogen-bond acceptors (Lipinski definition) is 3. The van der Waals surface area contributed by atoms with Crippen molar-refractivity contribution in [2.24, 2.45) is 0 Å². The van der Waals surface area contributed by atoms with Gasteiger partial charge < -0.3 is 10.4 Å². The number of aryl methyl sites for hydroxylation is 1. The second-order valence-electron chi connectivity index (χ2n) is 3.57. The number of nitrogens with one attached hydrogen (secondary N) is 1. The van der Waals surface area contributed by atoms with E-state index < -0.39 is 6.10 Å². The molecule has 1 aromatic heterocycles. The molecule has 1 rings (SSSR count). The van der Waals surface area contributed by atoms with Gasteiger partial charge in [0.25, 0.3) is 0 Å². The van der Waals surface area contributed by atoms with Crippen molar-refractivity contribution in [3.63, 3.8) is 0 Å². The summed E-state index contributed by atoms with van der Waals surface area (Å²) in [5, 5.41) is 11.8. The molecular weight excluding hydrogens is 192 g/mol. The Morgan fingerprint density at radius 2 is 2.40 bits per heavy atom. The van der Waals surface area contributed by atoms with Gasteiger partial charge >= 0.3 is 0 Å². The van der Waals surface area contributed by atoms with Crippen molar-refractivity contribution in [1.29, 1.82) is 0 Å². The van der Waals surface area contributed by atoms with Crippen LogP contribution in [0.3, 0.4) is 0 Å². The van der Waals surface area contributed by atoms with E-state index in [1.807, 2.05) is 13.0 Å². The number of hydrogen-bond donors (Lipinski definition) is 2. The highest BCUT2D eigenvalue weighted by Gasteiger charge is 2.06. The lowest BCUT2D eigenvalue weighted by molar-refractivity contribution is -0.116. The number of carbonyl (C=O) groups excluding carboxylic acids is 1. The summed E-state index contributed by atoms with van der Waals surface area (Å²) in [4.78, 5) is 15.5. The molecule has 1 unspecified atom stereocenters. The standard InChI is InChI=1S/C11H16N2O2/c1-8(14)5-6-11(15)13-10-4-3-7-12-9(10)2/h3-4,7-8,14H,5-6H2,1-2H3,(H,13,15). The van der Waals surface area contributed by atoms with Gasteiger partial charge in [0.05, 0.1) is 17.5 Å². The lowest BCUT2D eigenvalue weighted by Gasteiger charge is -2.07. The number of aliphatic hydroxyl groups excluding tert-OH is 1. The number of pyridine rings is 1. The fraction of sp³-hybridized carbons (Fsp3) is 0.455. The van der Waals surface area contributed by atoms with E-state index in [2.05, 4.69) is 10.3 Å². The van der Waals surface area contributed by atoms with Crippen LogP contribution in [0.4, 0.5) is 5.69 Å². The highest BCUT2D eigenvalue weighted by Crippen LogP contribution is 2.11. The average molecular weight is 208 g/mol. The van der Waals surface area contributed by atoms with Gasteiger partial charge in [0.15, 0.2) is 0 Å². The second kappa shape index (κ2) is 5.46. The molecule has 4 heteroatoms. The maximum absolute atomic E-state index is 11.4. The summed E-state index contributed by atoms with van der Waals surface area (Å²) in [5.74, 6) is -0.0907. The summed E-state index contributed by atoms with van der Waals surface area (Å²) in [6.07, 6.45) is 2.04. The third-order valence-corrected chi connectivity index (χ3v) is 2.07. The van der Waals surface area contributed by atoms with Gasteiger partial charge in [-0.2, -0.15) is 0 Å². The molecule has 0 bridgehead atoms. The quantitative estimate of drug-likeness (QED) is 0.788. The predicted octanol–water partition coefficient (Wildman–Crippen LogP) is 1.49. The number of nitrogens with zero attached hydrogens (tertiary/aromatic N) is 1. The topological polar surface area (TPSA) is 62.2 Å². The fourth-order valence-electron chi connectivity index (χ4n) is 1.17. The number of rotatable bonds is 4. The molecule has 0 radical (unpaired) electrons. The first-order chi connectivity index (χ1) is 7.09. The second-order valence-corrected chi connectivity index (χ2v) is 3.57. The molecule has 1 aromatic rings. The minimum Gasteiger partial charge on any atom is -0.393 e. The van der Waals surface area contributed by atoms with Crippen LogP contribution in [0.25, 0.3) is 0 Å². The van der Waals surface area contributed by atoms with Crippen LogP contribution >= 0.6 is 0 Å². The van der Waals surface area contributed by atoms with Gasteiger partial charge in [-0.15, -0.1) is 0 Å². The van der Waals surface area contributed by atoms with E-state index >= 15 is 0 Å². The van der Waals surface area contributed by atoms with E-state index in [0.29, 0.717) is 12.8 Å². The third-order valence-electron chi connectivity index (χ3n) is 2.07. The van der Waals surface area contributed by atoms with Crippen LogP contribution in [0.1, 0.15) is 25.5 Å². The maximum Gasteiger partial charge on any atom is 0.224 e. The Morgan fingerprint density at radius 1 is 1.67 bits per heavy atom. The van der Waals surface area contributed by atoms with Crippen LogP contribution in [0, 0.1) is 6.92 Å². The summed E-state index contributed by atoms with van der Waals surface area (Å²) in [6.45, 7) is 3.51. The van der Waals surface area contributed by atoms with Gasteiger partial charge in [0, 0.05) is 12.6 Å². The summed E-state index contributed by atoms with van der Waals surface area (Å²) in [7, 11) is 0. The highest BCUT2D eigenvalue weighted by atomic mass is 16.3. The number of aliphatic hydroxyl groups is 1. The summed E-state index contributed by atoms with van der Waals surface area (Å²) in [6, 6.07) is 3.58. The van der Waals surface area contributed by atoms with E-state index in [1.54, 1.807) is 19.2 Å². The number of carbonyl (C=O) groups is 1. The zero-order valence-corrected chi connectivity index (χ0v) is 9.03. The Kier molecular flexibility index (Phi) is 4.24. The lowest BCUT2D eigenvalue weighted by Crippen LogP contribution is -2.14. The molecule has 1 heterocycles. The van der Waals surface area contributed by atoms with Gasteiger partial charge in [-0.3, -0.25) is 9.78 Å². The molecule has 4 nitrogen and oxygen atoms in total. The zero-order chi connectivity index (χ0) is 11.3. The monoisotopic (exact) mass is 208 g/mol. The third kappa shape index (κ3) is 4.08. The molecule has 82 valence electrons. The normalized spacial score (nSPS) is 12.2. The molecule has 15 heavy (non-hydrogen) atoms. The lowest BCUT2D eigenvalue weighted by atomic mass is 10.2. The molecule has 0 aliphatic rings. The Labute approximate surface area is 89.3 Å². The molecule has 0 aliphatic heterocycles. The van der Waals surface area contributed by atoms with E-state index in [1.165, 1.54) is 0 Å². The first-order valence-electron chi connectivity index (χ1n) is 4.99. The first-order valence-corrected chi connectivity index (χ1v) is 4.99. The number of amides is 1. The highest BCUT2D eigenvalue weighted by molar-refractivity contribution is 5.91. The minimum atomic E-state index is -0.439. The summed E-state index contributed by atoms with van der Waals surface area (Å²) < 4.78 is 0. The predicted molar refractivity (Wildman–Crippen MR) is 58.5 cm³/mol. The average Bonchev–Trinajstić information content (AvgIpc) is 2.18. The molecule has 1 amide bonds. The van der Waals surface area contributed by atoms with Crippen LogP contribution in [0.15, 0.2) is 18.3 Å². The first kappa shape index (κ1) is 11.7. The zero-order valence-electron chi connectivity index (χ0n) is 9.03. The van der Waals surface area contributed by atoms with E-state index in [9.17, 15) is 4.79 Å². The van der Waals surface area contributed by atoms with Crippen LogP contribution in [0.5, 0.6) is 0 Å². The molecule has 1 atom stereocenters.